The third kappa shape index (κ3) is 3.09. The van der Waals surface area contributed by atoms with Gasteiger partial charge in [-0.2, -0.15) is 0 Å². The monoisotopic (exact) mass is 294 g/mol. The van der Waals surface area contributed by atoms with Crippen LogP contribution >= 0.6 is 11.3 Å². The maximum absolute atomic E-state index is 10.8. The number of methoxy groups -OCH3 is 1. The highest BCUT2D eigenvalue weighted by molar-refractivity contribution is 7.14. The van der Waals surface area contributed by atoms with Crippen molar-refractivity contribution >= 4 is 17.0 Å². The molecule has 1 aromatic carbocycles. The van der Waals surface area contributed by atoms with Crippen LogP contribution in [0, 0.1) is 10.1 Å². The van der Waals surface area contributed by atoms with Gasteiger partial charge in [-0.25, -0.2) is 0 Å². The normalized spacial score (nSPS) is 10.5. The SMILES string of the molecule is COc1cc([N+](=O)[O-])ccc1-c1nnc(CCCN)s1. The van der Waals surface area contributed by atoms with Crippen LogP contribution in [-0.2, 0) is 6.42 Å². The topological polar surface area (TPSA) is 104 Å². The lowest BCUT2D eigenvalue weighted by Gasteiger charge is -2.04. The number of ether oxygens (including phenoxy) is 1. The van der Waals surface area contributed by atoms with E-state index in [1.165, 1.54) is 30.6 Å². The quantitative estimate of drug-likeness (QED) is 0.645. The first-order valence-electron chi connectivity index (χ1n) is 6.01. The molecule has 0 unspecified atom stereocenters. The van der Waals surface area contributed by atoms with E-state index in [2.05, 4.69) is 10.2 Å². The Labute approximate surface area is 119 Å². The van der Waals surface area contributed by atoms with E-state index in [0.29, 0.717) is 22.9 Å². The number of hydrogen-bond donors (Lipinski definition) is 1. The smallest absolute Gasteiger partial charge is 0.273 e. The van der Waals surface area contributed by atoms with Gasteiger partial charge in [0.2, 0.25) is 0 Å². The summed E-state index contributed by atoms with van der Waals surface area (Å²) in [6.07, 6.45) is 1.63. The fraction of sp³-hybridized carbons (Fsp3) is 0.333. The predicted molar refractivity (Wildman–Crippen MR) is 75.9 cm³/mol. The first-order chi connectivity index (χ1) is 9.65. The van der Waals surface area contributed by atoms with E-state index in [4.69, 9.17) is 10.5 Å². The van der Waals surface area contributed by atoms with Crippen LogP contribution in [0.25, 0.3) is 10.6 Å². The van der Waals surface area contributed by atoms with Crippen molar-refractivity contribution in [3.8, 4) is 16.3 Å². The summed E-state index contributed by atoms with van der Waals surface area (Å²) in [7, 11) is 1.47. The Kier molecular flexibility index (Phi) is 4.59. The van der Waals surface area contributed by atoms with Gasteiger partial charge < -0.3 is 10.5 Å². The van der Waals surface area contributed by atoms with Crippen LogP contribution in [-0.4, -0.2) is 28.8 Å². The molecule has 0 atom stereocenters. The lowest BCUT2D eigenvalue weighted by Crippen LogP contribution is -1.99. The number of nitrogens with zero attached hydrogens (tertiary/aromatic N) is 3. The summed E-state index contributed by atoms with van der Waals surface area (Å²) in [5, 5.41) is 20.5. The number of aryl methyl sites for hydroxylation is 1. The van der Waals surface area contributed by atoms with Gasteiger partial charge in [-0.15, -0.1) is 10.2 Å². The molecule has 1 heterocycles. The van der Waals surface area contributed by atoms with Crippen molar-refractivity contribution in [1.29, 1.82) is 0 Å². The van der Waals surface area contributed by atoms with E-state index in [1.54, 1.807) is 6.07 Å². The van der Waals surface area contributed by atoms with Crippen molar-refractivity contribution in [2.45, 2.75) is 12.8 Å². The number of benzene rings is 1. The minimum atomic E-state index is -0.459. The Morgan fingerprint density at radius 2 is 2.25 bits per heavy atom. The summed E-state index contributed by atoms with van der Waals surface area (Å²) in [6, 6.07) is 4.44. The molecule has 0 aliphatic heterocycles. The minimum Gasteiger partial charge on any atom is -0.496 e. The van der Waals surface area contributed by atoms with Crippen LogP contribution in [0.5, 0.6) is 5.75 Å². The zero-order valence-electron chi connectivity index (χ0n) is 10.9. The van der Waals surface area contributed by atoms with Gasteiger partial charge in [0.1, 0.15) is 10.8 Å². The van der Waals surface area contributed by atoms with Gasteiger partial charge in [-0.05, 0) is 19.0 Å². The van der Waals surface area contributed by atoms with Crippen molar-refractivity contribution < 1.29 is 9.66 Å². The number of nitro groups is 1. The molecule has 0 bridgehead atoms. The number of nitrogens with two attached hydrogens (primary N) is 1. The molecule has 0 saturated heterocycles. The molecular weight excluding hydrogens is 280 g/mol. The van der Waals surface area contributed by atoms with E-state index < -0.39 is 4.92 Å². The number of nitro benzene ring substituents is 1. The summed E-state index contributed by atoms with van der Waals surface area (Å²) >= 11 is 1.44. The molecule has 2 aromatic rings. The zero-order chi connectivity index (χ0) is 14.5. The molecule has 106 valence electrons. The van der Waals surface area contributed by atoms with E-state index in [9.17, 15) is 10.1 Å². The molecule has 2 N–H and O–H groups in total. The molecule has 0 spiro atoms. The van der Waals surface area contributed by atoms with E-state index in [1.807, 2.05) is 0 Å². The Bertz CT molecular complexity index is 614. The highest BCUT2D eigenvalue weighted by Gasteiger charge is 2.15. The van der Waals surface area contributed by atoms with Gasteiger partial charge in [0, 0.05) is 12.5 Å². The van der Waals surface area contributed by atoms with Crippen molar-refractivity contribution in [1.82, 2.24) is 10.2 Å². The molecule has 0 aliphatic carbocycles. The largest absolute Gasteiger partial charge is 0.496 e. The van der Waals surface area contributed by atoms with Crippen molar-refractivity contribution in [2.24, 2.45) is 5.73 Å². The predicted octanol–water partition coefficient (Wildman–Crippen LogP) is 2.01. The highest BCUT2D eigenvalue weighted by atomic mass is 32.1. The summed E-state index contributed by atoms with van der Waals surface area (Å²) in [5.74, 6) is 0.417. The minimum absolute atomic E-state index is 0.0153. The molecular formula is C12H14N4O3S. The van der Waals surface area contributed by atoms with Gasteiger partial charge in [0.25, 0.3) is 5.69 Å². The number of non-ortho nitro benzene ring substituents is 1. The van der Waals surface area contributed by atoms with Crippen LogP contribution in [0.3, 0.4) is 0 Å². The second kappa shape index (κ2) is 6.40. The first-order valence-corrected chi connectivity index (χ1v) is 6.82. The summed E-state index contributed by atoms with van der Waals surface area (Å²) in [6.45, 7) is 0.607. The summed E-state index contributed by atoms with van der Waals surface area (Å²) < 4.78 is 5.20. The highest BCUT2D eigenvalue weighted by Crippen LogP contribution is 2.34. The summed E-state index contributed by atoms with van der Waals surface area (Å²) in [5.41, 5.74) is 6.15. The second-order valence-electron chi connectivity index (χ2n) is 4.03. The van der Waals surface area contributed by atoms with Gasteiger partial charge in [-0.1, -0.05) is 11.3 Å². The lowest BCUT2D eigenvalue weighted by atomic mass is 10.2. The van der Waals surface area contributed by atoms with E-state index >= 15 is 0 Å². The number of hydrogen-bond acceptors (Lipinski definition) is 7. The van der Waals surface area contributed by atoms with Crippen LogP contribution in [0.1, 0.15) is 11.4 Å². The Hall–Kier alpha value is -2.06. The maximum atomic E-state index is 10.8. The average molecular weight is 294 g/mol. The van der Waals surface area contributed by atoms with Crippen molar-refractivity contribution in [2.75, 3.05) is 13.7 Å². The molecule has 1 aromatic heterocycles. The molecule has 8 heteroatoms. The molecule has 0 fully saturated rings. The first kappa shape index (κ1) is 14.4. The summed E-state index contributed by atoms with van der Waals surface area (Å²) in [4.78, 5) is 10.3. The molecule has 0 amide bonds. The Balaban J connectivity index is 2.32. The van der Waals surface area contributed by atoms with E-state index in [0.717, 1.165) is 17.8 Å². The molecule has 0 radical (unpaired) electrons. The van der Waals surface area contributed by atoms with Crippen LogP contribution in [0.2, 0.25) is 0 Å². The lowest BCUT2D eigenvalue weighted by molar-refractivity contribution is -0.384. The molecule has 7 nitrogen and oxygen atoms in total. The van der Waals surface area contributed by atoms with Crippen LogP contribution < -0.4 is 10.5 Å². The molecule has 0 saturated carbocycles. The number of aromatic nitrogens is 2. The number of rotatable bonds is 6. The van der Waals surface area contributed by atoms with E-state index in [-0.39, 0.29) is 5.69 Å². The third-order valence-corrected chi connectivity index (χ3v) is 3.70. The molecule has 2 rings (SSSR count). The average Bonchev–Trinajstić information content (AvgIpc) is 2.92. The maximum Gasteiger partial charge on any atom is 0.273 e. The fourth-order valence-electron chi connectivity index (χ4n) is 1.69. The Morgan fingerprint density at radius 3 is 2.90 bits per heavy atom. The zero-order valence-corrected chi connectivity index (χ0v) is 11.7. The second-order valence-corrected chi connectivity index (χ2v) is 5.10. The third-order valence-electron chi connectivity index (χ3n) is 2.69. The van der Waals surface area contributed by atoms with Crippen LogP contribution in [0.4, 0.5) is 5.69 Å². The Morgan fingerprint density at radius 1 is 1.45 bits per heavy atom. The van der Waals surface area contributed by atoms with Gasteiger partial charge in [0.15, 0.2) is 5.01 Å². The van der Waals surface area contributed by atoms with Crippen molar-refractivity contribution in [3.63, 3.8) is 0 Å². The molecule has 20 heavy (non-hydrogen) atoms. The molecule has 0 aliphatic rings. The van der Waals surface area contributed by atoms with Gasteiger partial charge >= 0.3 is 0 Å². The fourth-order valence-corrected chi connectivity index (χ4v) is 2.60. The van der Waals surface area contributed by atoms with Gasteiger partial charge in [0.05, 0.1) is 23.7 Å². The standard InChI is InChI=1S/C12H14N4O3S/c1-19-10-7-8(16(17)18)4-5-9(10)12-15-14-11(20-12)3-2-6-13/h4-5,7H,2-3,6,13H2,1H3. The van der Waals surface area contributed by atoms with Gasteiger partial charge in [-0.3, -0.25) is 10.1 Å². The van der Waals surface area contributed by atoms with Crippen molar-refractivity contribution in [3.05, 3.63) is 33.3 Å². The van der Waals surface area contributed by atoms with Crippen LogP contribution in [0.15, 0.2) is 18.2 Å².